The van der Waals surface area contributed by atoms with Crippen LogP contribution in [0.15, 0.2) is 42.6 Å². The number of carbonyl (C=O) groups is 2. The molecule has 3 aromatic rings. The highest BCUT2D eigenvalue weighted by Gasteiger charge is 2.12. The zero-order valence-electron chi connectivity index (χ0n) is 16.8. The van der Waals surface area contributed by atoms with E-state index >= 15 is 0 Å². The van der Waals surface area contributed by atoms with E-state index in [9.17, 15) is 9.59 Å². The molecule has 0 atom stereocenters. The van der Waals surface area contributed by atoms with Gasteiger partial charge in [-0.2, -0.15) is 0 Å². The molecule has 0 spiro atoms. The number of ether oxygens (including phenoxy) is 2. The van der Waals surface area contributed by atoms with Crippen molar-refractivity contribution in [3.05, 3.63) is 69.2 Å². The third kappa shape index (κ3) is 5.58. The van der Waals surface area contributed by atoms with Crippen LogP contribution in [0.5, 0.6) is 11.5 Å². The maximum atomic E-state index is 12.2. The Morgan fingerprint density at radius 2 is 1.97 bits per heavy atom. The fourth-order valence-corrected chi connectivity index (χ4v) is 3.77. The van der Waals surface area contributed by atoms with Crippen molar-refractivity contribution in [2.24, 2.45) is 0 Å². The van der Waals surface area contributed by atoms with Crippen LogP contribution in [0, 0.1) is 6.92 Å². The predicted molar refractivity (Wildman–Crippen MR) is 118 cm³/mol. The van der Waals surface area contributed by atoms with Gasteiger partial charge < -0.3 is 9.47 Å². The van der Waals surface area contributed by atoms with Gasteiger partial charge in [0.25, 0.3) is 5.91 Å². The second kappa shape index (κ2) is 9.73. The average Bonchev–Trinajstić information content (AvgIpc) is 3.15. The van der Waals surface area contributed by atoms with Crippen molar-refractivity contribution in [1.82, 2.24) is 4.98 Å². The standard InChI is InChI=1S/C22H21ClN2O4S/c1-13-4-5-15(9-18(13)23)8-17-11-24-22(30-17)25-21(27)12-29-19-7-6-16(14(2)26)10-20(19)28-3/h4-7,9-11H,8,12H2,1-3H3,(H,24,25,27). The molecule has 0 radical (unpaired) electrons. The third-order valence-electron chi connectivity index (χ3n) is 4.34. The maximum absolute atomic E-state index is 12.2. The zero-order valence-corrected chi connectivity index (χ0v) is 18.4. The summed E-state index contributed by atoms with van der Waals surface area (Å²) in [6.07, 6.45) is 2.42. The first kappa shape index (κ1) is 21.8. The van der Waals surface area contributed by atoms with Gasteiger partial charge in [-0.3, -0.25) is 14.9 Å². The molecule has 6 nitrogen and oxygen atoms in total. The van der Waals surface area contributed by atoms with Crippen LogP contribution in [-0.4, -0.2) is 30.4 Å². The summed E-state index contributed by atoms with van der Waals surface area (Å²) in [6, 6.07) is 10.8. The number of hydrogen-bond donors (Lipinski definition) is 1. The molecule has 0 bridgehead atoms. The number of amides is 1. The van der Waals surface area contributed by atoms with Gasteiger partial charge in [0.05, 0.1) is 7.11 Å². The number of halogens is 1. The number of carbonyl (C=O) groups excluding carboxylic acids is 2. The molecule has 3 rings (SSSR count). The molecule has 1 amide bonds. The van der Waals surface area contributed by atoms with Crippen LogP contribution in [0.2, 0.25) is 5.02 Å². The molecule has 2 aromatic carbocycles. The number of nitrogens with zero attached hydrogens (tertiary/aromatic N) is 1. The number of anilines is 1. The number of ketones is 1. The van der Waals surface area contributed by atoms with E-state index in [1.807, 2.05) is 25.1 Å². The first-order valence-electron chi connectivity index (χ1n) is 9.17. The van der Waals surface area contributed by atoms with Gasteiger partial charge in [-0.25, -0.2) is 4.98 Å². The van der Waals surface area contributed by atoms with Gasteiger partial charge >= 0.3 is 0 Å². The number of hydrogen-bond acceptors (Lipinski definition) is 6. The largest absolute Gasteiger partial charge is 0.493 e. The minimum atomic E-state index is -0.341. The number of methoxy groups -OCH3 is 1. The van der Waals surface area contributed by atoms with Crippen LogP contribution in [0.25, 0.3) is 0 Å². The van der Waals surface area contributed by atoms with Crippen LogP contribution in [0.1, 0.15) is 33.3 Å². The van der Waals surface area contributed by atoms with E-state index in [-0.39, 0.29) is 18.3 Å². The summed E-state index contributed by atoms with van der Waals surface area (Å²) in [7, 11) is 1.48. The lowest BCUT2D eigenvalue weighted by molar-refractivity contribution is -0.118. The van der Waals surface area contributed by atoms with Crippen molar-refractivity contribution in [3.8, 4) is 11.5 Å². The second-order valence-corrected chi connectivity index (χ2v) is 8.17. The fraction of sp³-hybridized carbons (Fsp3) is 0.227. The van der Waals surface area contributed by atoms with E-state index in [1.54, 1.807) is 24.4 Å². The molecule has 1 heterocycles. The number of aryl methyl sites for hydroxylation is 1. The highest BCUT2D eigenvalue weighted by atomic mass is 35.5. The Balaban J connectivity index is 1.57. The van der Waals surface area contributed by atoms with Gasteiger partial charge in [0.2, 0.25) is 0 Å². The lowest BCUT2D eigenvalue weighted by Gasteiger charge is -2.11. The van der Waals surface area contributed by atoms with Crippen LogP contribution in [-0.2, 0) is 11.2 Å². The molecule has 0 aliphatic rings. The van der Waals surface area contributed by atoms with E-state index in [2.05, 4.69) is 10.3 Å². The third-order valence-corrected chi connectivity index (χ3v) is 5.66. The Morgan fingerprint density at radius 3 is 2.67 bits per heavy atom. The number of nitrogens with one attached hydrogen (secondary N) is 1. The average molecular weight is 445 g/mol. The Morgan fingerprint density at radius 1 is 1.17 bits per heavy atom. The van der Waals surface area contributed by atoms with E-state index < -0.39 is 0 Å². The number of benzene rings is 2. The van der Waals surface area contributed by atoms with Crippen molar-refractivity contribution in [2.45, 2.75) is 20.3 Å². The first-order chi connectivity index (χ1) is 14.4. The lowest BCUT2D eigenvalue weighted by atomic mass is 10.1. The monoisotopic (exact) mass is 444 g/mol. The molecule has 0 unspecified atom stereocenters. The molecule has 8 heteroatoms. The lowest BCUT2D eigenvalue weighted by Crippen LogP contribution is -2.20. The minimum Gasteiger partial charge on any atom is -0.493 e. The molecule has 0 saturated heterocycles. The Kier molecular flexibility index (Phi) is 7.07. The van der Waals surface area contributed by atoms with Gasteiger partial charge in [0.1, 0.15) is 0 Å². The summed E-state index contributed by atoms with van der Waals surface area (Å²) in [5, 5.41) is 3.96. The van der Waals surface area contributed by atoms with E-state index in [0.29, 0.717) is 28.6 Å². The molecular weight excluding hydrogens is 424 g/mol. The summed E-state index contributed by atoms with van der Waals surface area (Å²) in [5.74, 6) is 0.356. The number of thiazole rings is 1. The van der Waals surface area contributed by atoms with Crippen molar-refractivity contribution in [3.63, 3.8) is 0 Å². The summed E-state index contributed by atoms with van der Waals surface area (Å²) in [4.78, 5) is 29.0. The molecule has 0 saturated carbocycles. The molecule has 1 N–H and O–H groups in total. The molecule has 30 heavy (non-hydrogen) atoms. The molecule has 0 fully saturated rings. The Bertz CT molecular complexity index is 1080. The fourth-order valence-electron chi connectivity index (χ4n) is 2.70. The van der Waals surface area contributed by atoms with Crippen molar-refractivity contribution < 1.29 is 19.1 Å². The molecule has 156 valence electrons. The maximum Gasteiger partial charge on any atom is 0.264 e. The predicted octanol–water partition coefficient (Wildman–Crippen LogP) is 4.92. The quantitative estimate of drug-likeness (QED) is 0.499. The normalized spacial score (nSPS) is 10.5. The van der Waals surface area contributed by atoms with Crippen molar-refractivity contribution >= 4 is 39.8 Å². The van der Waals surface area contributed by atoms with E-state index in [0.717, 1.165) is 21.0 Å². The second-order valence-electron chi connectivity index (χ2n) is 6.65. The highest BCUT2D eigenvalue weighted by Crippen LogP contribution is 2.28. The van der Waals surface area contributed by atoms with Gasteiger partial charge in [-0.15, -0.1) is 11.3 Å². The SMILES string of the molecule is COc1cc(C(C)=O)ccc1OCC(=O)Nc1ncc(Cc2ccc(C)c(Cl)c2)s1. The van der Waals surface area contributed by atoms with Gasteiger partial charge in [0.15, 0.2) is 29.0 Å². The Labute approximate surface area is 183 Å². The van der Waals surface area contributed by atoms with E-state index in [1.165, 1.54) is 25.4 Å². The molecular formula is C22H21ClN2O4S. The summed E-state index contributed by atoms with van der Waals surface area (Å²) < 4.78 is 10.8. The van der Waals surface area contributed by atoms with Crippen LogP contribution in [0.3, 0.4) is 0 Å². The Hall–Kier alpha value is -2.90. The molecule has 0 aliphatic carbocycles. The topological polar surface area (TPSA) is 77.5 Å². The first-order valence-corrected chi connectivity index (χ1v) is 10.4. The van der Waals surface area contributed by atoms with Crippen molar-refractivity contribution in [1.29, 1.82) is 0 Å². The smallest absolute Gasteiger partial charge is 0.264 e. The van der Waals surface area contributed by atoms with Crippen LogP contribution in [0.4, 0.5) is 5.13 Å². The zero-order chi connectivity index (χ0) is 21.7. The van der Waals surface area contributed by atoms with Crippen LogP contribution < -0.4 is 14.8 Å². The van der Waals surface area contributed by atoms with Gasteiger partial charge in [0, 0.05) is 28.1 Å². The van der Waals surface area contributed by atoms with Crippen LogP contribution >= 0.6 is 22.9 Å². The summed E-state index contributed by atoms with van der Waals surface area (Å²) in [5.41, 5.74) is 2.62. The number of Topliss-reactive ketones (excluding diaryl/α,β-unsaturated/α-hetero) is 1. The molecule has 1 aromatic heterocycles. The van der Waals surface area contributed by atoms with E-state index in [4.69, 9.17) is 21.1 Å². The summed E-state index contributed by atoms with van der Waals surface area (Å²) >= 11 is 7.57. The number of rotatable bonds is 8. The molecule has 0 aliphatic heterocycles. The summed E-state index contributed by atoms with van der Waals surface area (Å²) in [6.45, 7) is 3.22. The van der Waals surface area contributed by atoms with Gasteiger partial charge in [-0.05, 0) is 49.2 Å². The van der Waals surface area contributed by atoms with Gasteiger partial charge in [-0.1, -0.05) is 23.7 Å². The highest BCUT2D eigenvalue weighted by molar-refractivity contribution is 7.15. The van der Waals surface area contributed by atoms with Crippen molar-refractivity contribution in [2.75, 3.05) is 19.0 Å². The number of aromatic nitrogens is 1. The minimum absolute atomic E-state index is 0.0786.